The van der Waals surface area contributed by atoms with Crippen molar-refractivity contribution in [3.63, 3.8) is 0 Å². The molecule has 0 aromatic carbocycles. The molecule has 1 saturated heterocycles. The Balaban J connectivity index is 2.22. The summed E-state index contributed by atoms with van der Waals surface area (Å²) in [4.78, 5) is 35.8. The van der Waals surface area contributed by atoms with Crippen LogP contribution < -0.4 is 5.73 Å². The Bertz CT molecular complexity index is 653. The van der Waals surface area contributed by atoms with Crippen LogP contribution in [0.5, 0.6) is 0 Å². The van der Waals surface area contributed by atoms with Crippen LogP contribution >= 0.6 is 24.0 Å². The van der Waals surface area contributed by atoms with Crippen LogP contribution in [0.25, 0.3) is 6.08 Å². The van der Waals surface area contributed by atoms with E-state index in [1.54, 1.807) is 12.1 Å². The molecule has 0 radical (unpaired) electrons. The summed E-state index contributed by atoms with van der Waals surface area (Å²) in [5.74, 6) is -1.94. The minimum atomic E-state index is -1.24. The van der Waals surface area contributed by atoms with Gasteiger partial charge in [-0.25, -0.2) is 4.79 Å². The molecule has 2 rings (SSSR count). The fraction of sp³-hybridized carbons (Fsp3) is 0.231. The largest absolute Gasteiger partial charge is 0.480 e. The van der Waals surface area contributed by atoms with E-state index in [1.165, 1.54) is 12.3 Å². The van der Waals surface area contributed by atoms with Crippen LogP contribution in [-0.2, 0) is 14.4 Å². The zero-order valence-corrected chi connectivity index (χ0v) is 12.9. The Morgan fingerprint density at radius 2 is 2.27 bits per heavy atom. The highest BCUT2D eigenvalue weighted by Gasteiger charge is 2.40. The number of primary amides is 1. The number of carbonyl (C=O) groups excluding carboxylic acids is 2. The third-order valence-corrected chi connectivity index (χ3v) is 4.23. The molecule has 3 N–H and O–H groups in total. The third-order valence-electron chi connectivity index (χ3n) is 2.90. The van der Waals surface area contributed by atoms with Crippen molar-refractivity contribution in [1.29, 1.82) is 0 Å². The lowest BCUT2D eigenvalue weighted by Gasteiger charge is -2.22. The Kier molecular flexibility index (Phi) is 4.99. The second kappa shape index (κ2) is 6.75. The second-order valence-corrected chi connectivity index (χ2v) is 6.10. The van der Waals surface area contributed by atoms with Gasteiger partial charge in [0.1, 0.15) is 16.1 Å². The van der Waals surface area contributed by atoms with Crippen molar-refractivity contribution in [1.82, 2.24) is 4.90 Å². The van der Waals surface area contributed by atoms with Crippen molar-refractivity contribution in [2.45, 2.75) is 18.9 Å². The summed E-state index contributed by atoms with van der Waals surface area (Å²) >= 11 is 6.07. The predicted molar refractivity (Wildman–Crippen MR) is 83.6 cm³/mol. The predicted octanol–water partition coefficient (Wildman–Crippen LogP) is 1.20. The van der Waals surface area contributed by atoms with Gasteiger partial charge in [0.25, 0.3) is 5.91 Å². The molecule has 0 bridgehead atoms. The van der Waals surface area contributed by atoms with E-state index in [4.69, 9.17) is 22.4 Å². The van der Waals surface area contributed by atoms with E-state index < -0.39 is 23.8 Å². The van der Waals surface area contributed by atoms with Crippen molar-refractivity contribution in [2.24, 2.45) is 5.73 Å². The summed E-state index contributed by atoms with van der Waals surface area (Å²) in [7, 11) is 0. The molecule has 7 nitrogen and oxygen atoms in total. The Labute approximate surface area is 135 Å². The SMILES string of the molecule is NC(=O)CCC(C(=O)O)N1C(=O)/C(=C\c2ccco2)SC1=S. The number of thiocarbonyl (C=S) groups is 1. The maximum atomic E-state index is 12.4. The van der Waals surface area contributed by atoms with Gasteiger partial charge < -0.3 is 15.3 Å². The summed E-state index contributed by atoms with van der Waals surface area (Å²) in [6, 6.07) is 2.11. The first-order valence-corrected chi connectivity index (χ1v) is 7.44. The standard InChI is InChI=1S/C13H12N2O5S2/c14-10(16)4-3-8(12(18)19)15-11(17)9(22-13(15)21)6-7-2-1-5-20-7/h1-2,5-6,8H,3-4H2,(H2,14,16)(H,18,19)/b9-6+. The molecule has 116 valence electrons. The Morgan fingerprint density at radius 1 is 1.55 bits per heavy atom. The van der Waals surface area contributed by atoms with Gasteiger partial charge in [-0.15, -0.1) is 0 Å². The molecule has 9 heteroatoms. The zero-order valence-electron chi connectivity index (χ0n) is 11.2. The molecule has 0 saturated carbocycles. The number of carboxylic acids is 1. The third kappa shape index (κ3) is 3.55. The Hall–Kier alpha value is -2.13. The van der Waals surface area contributed by atoms with Crippen LogP contribution in [0.4, 0.5) is 0 Å². The second-order valence-electron chi connectivity index (χ2n) is 4.43. The number of amides is 2. The molecule has 2 heterocycles. The molecular weight excluding hydrogens is 328 g/mol. The number of carbonyl (C=O) groups is 3. The zero-order chi connectivity index (χ0) is 16.3. The lowest BCUT2D eigenvalue weighted by Crippen LogP contribution is -2.44. The lowest BCUT2D eigenvalue weighted by atomic mass is 10.1. The molecule has 1 aromatic rings. The van der Waals surface area contributed by atoms with Gasteiger partial charge in [0.15, 0.2) is 0 Å². The number of hydrogen-bond donors (Lipinski definition) is 2. The minimum Gasteiger partial charge on any atom is -0.480 e. The molecule has 1 aliphatic heterocycles. The summed E-state index contributed by atoms with van der Waals surface area (Å²) < 4.78 is 5.24. The van der Waals surface area contributed by atoms with Crippen LogP contribution in [0.3, 0.4) is 0 Å². The van der Waals surface area contributed by atoms with Crippen LogP contribution in [0.15, 0.2) is 27.7 Å². The fourth-order valence-corrected chi connectivity index (χ4v) is 3.23. The average Bonchev–Trinajstić information content (AvgIpc) is 3.02. The quantitative estimate of drug-likeness (QED) is 0.591. The number of rotatable bonds is 6. The minimum absolute atomic E-state index is 0.0921. The fourth-order valence-electron chi connectivity index (χ4n) is 1.89. The molecule has 1 unspecified atom stereocenters. The molecule has 2 amide bonds. The van der Waals surface area contributed by atoms with E-state index in [-0.39, 0.29) is 22.1 Å². The number of hydrogen-bond acceptors (Lipinski definition) is 6. The van der Waals surface area contributed by atoms with Gasteiger partial charge in [0.2, 0.25) is 5.91 Å². The number of aliphatic carboxylic acids is 1. The van der Waals surface area contributed by atoms with E-state index in [0.717, 1.165) is 16.7 Å². The summed E-state index contributed by atoms with van der Waals surface area (Å²) in [6.07, 6.45) is 2.71. The van der Waals surface area contributed by atoms with E-state index in [0.29, 0.717) is 5.76 Å². The van der Waals surface area contributed by atoms with Crippen molar-refractivity contribution >= 4 is 52.2 Å². The molecular formula is C13H12N2O5S2. The molecule has 0 aliphatic carbocycles. The van der Waals surface area contributed by atoms with Gasteiger partial charge in [-0.2, -0.15) is 0 Å². The number of carboxylic acid groups (broad SMARTS) is 1. The van der Waals surface area contributed by atoms with Gasteiger partial charge >= 0.3 is 5.97 Å². The maximum Gasteiger partial charge on any atom is 0.326 e. The van der Waals surface area contributed by atoms with Gasteiger partial charge in [0, 0.05) is 12.5 Å². The van der Waals surface area contributed by atoms with Crippen LogP contribution in [0.1, 0.15) is 18.6 Å². The van der Waals surface area contributed by atoms with Crippen molar-refractivity contribution in [3.05, 3.63) is 29.1 Å². The molecule has 0 spiro atoms. The van der Waals surface area contributed by atoms with Crippen LogP contribution in [-0.4, -0.2) is 38.2 Å². The number of thioether (sulfide) groups is 1. The topological polar surface area (TPSA) is 114 Å². The molecule has 1 aliphatic rings. The van der Waals surface area contributed by atoms with E-state index in [1.807, 2.05) is 0 Å². The maximum absolute atomic E-state index is 12.4. The van der Waals surface area contributed by atoms with Gasteiger partial charge in [-0.1, -0.05) is 24.0 Å². The summed E-state index contributed by atoms with van der Waals surface area (Å²) in [5.41, 5.74) is 5.03. The highest BCUT2D eigenvalue weighted by Crippen LogP contribution is 2.34. The lowest BCUT2D eigenvalue weighted by molar-refractivity contribution is -0.145. The summed E-state index contributed by atoms with van der Waals surface area (Å²) in [6.45, 7) is 0. The van der Waals surface area contributed by atoms with Crippen LogP contribution in [0, 0.1) is 0 Å². The smallest absolute Gasteiger partial charge is 0.326 e. The van der Waals surface area contributed by atoms with Crippen LogP contribution in [0.2, 0.25) is 0 Å². The van der Waals surface area contributed by atoms with Gasteiger partial charge in [-0.3, -0.25) is 14.5 Å². The van der Waals surface area contributed by atoms with Gasteiger partial charge in [0.05, 0.1) is 11.2 Å². The Morgan fingerprint density at radius 3 is 2.82 bits per heavy atom. The first kappa shape index (κ1) is 16.2. The average molecular weight is 340 g/mol. The highest BCUT2D eigenvalue weighted by molar-refractivity contribution is 8.26. The molecule has 1 atom stereocenters. The van der Waals surface area contributed by atoms with Crippen molar-refractivity contribution in [3.8, 4) is 0 Å². The summed E-state index contributed by atoms with van der Waals surface area (Å²) in [5, 5.41) is 9.27. The van der Waals surface area contributed by atoms with Gasteiger partial charge in [-0.05, 0) is 18.6 Å². The number of nitrogens with zero attached hydrogens (tertiary/aromatic N) is 1. The van der Waals surface area contributed by atoms with E-state index in [2.05, 4.69) is 0 Å². The molecule has 22 heavy (non-hydrogen) atoms. The first-order chi connectivity index (χ1) is 10.4. The highest BCUT2D eigenvalue weighted by atomic mass is 32.2. The monoisotopic (exact) mass is 340 g/mol. The molecule has 1 aromatic heterocycles. The number of furan rings is 1. The van der Waals surface area contributed by atoms with E-state index >= 15 is 0 Å². The number of nitrogens with two attached hydrogens (primary N) is 1. The van der Waals surface area contributed by atoms with E-state index in [9.17, 15) is 19.5 Å². The normalized spacial score (nSPS) is 18.0. The van der Waals surface area contributed by atoms with Crippen molar-refractivity contribution in [2.75, 3.05) is 0 Å². The molecule has 1 fully saturated rings. The first-order valence-electron chi connectivity index (χ1n) is 6.22. The van der Waals surface area contributed by atoms with Crippen molar-refractivity contribution < 1.29 is 23.9 Å².